The number of phenolic OH excluding ortho intramolecular Hbond substituents is 1. The number of fused-ring (bicyclic) bond motifs is 3. The number of rotatable bonds is 2. The molecule has 0 radical (unpaired) electrons. The minimum absolute atomic E-state index is 0.0343. The van der Waals surface area contributed by atoms with E-state index in [1.165, 1.54) is 13.2 Å². The Morgan fingerprint density at radius 1 is 1.18 bits per heavy atom. The molecule has 28 heavy (non-hydrogen) atoms. The van der Waals surface area contributed by atoms with Crippen LogP contribution in [0.1, 0.15) is 68.7 Å². The number of hydrogen-bond donors (Lipinski definition) is 2. The van der Waals surface area contributed by atoms with Crippen LogP contribution in [0, 0.1) is 0 Å². The van der Waals surface area contributed by atoms with Crippen LogP contribution >= 0.6 is 0 Å². The average molecular weight is 380 g/mol. The van der Waals surface area contributed by atoms with E-state index in [0.29, 0.717) is 17.5 Å². The summed E-state index contributed by atoms with van der Waals surface area (Å²) in [4.78, 5) is 38.5. The third-order valence-electron chi connectivity index (χ3n) is 6.03. The van der Waals surface area contributed by atoms with Gasteiger partial charge in [-0.2, -0.15) is 0 Å². The lowest BCUT2D eigenvalue weighted by molar-refractivity contribution is -0.151. The van der Waals surface area contributed by atoms with E-state index in [4.69, 9.17) is 4.74 Å². The summed E-state index contributed by atoms with van der Waals surface area (Å²) in [5.74, 6) is -2.77. The topological polar surface area (TPSA) is 101 Å². The molecule has 0 fully saturated rings. The molecule has 4 rings (SSSR count). The van der Waals surface area contributed by atoms with Gasteiger partial charge in [0.1, 0.15) is 11.7 Å². The Morgan fingerprint density at radius 3 is 2.43 bits per heavy atom. The lowest BCUT2D eigenvalue weighted by Gasteiger charge is -2.40. The van der Waals surface area contributed by atoms with Gasteiger partial charge in [0, 0.05) is 16.7 Å². The van der Waals surface area contributed by atoms with Crippen molar-refractivity contribution >= 4 is 17.5 Å². The first-order chi connectivity index (χ1) is 13.3. The number of benzene rings is 2. The van der Waals surface area contributed by atoms with Gasteiger partial charge in [0.05, 0.1) is 18.3 Å². The second-order valence-corrected chi connectivity index (χ2v) is 7.33. The van der Waals surface area contributed by atoms with Gasteiger partial charge in [0.2, 0.25) is 0 Å². The number of aromatic hydroxyl groups is 1. The highest BCUT2D eigenvalue weighted by Crippen LogP contribution is 2.48. The van der Waals surface area contributed by atoms with E-state index in [1.54, 1.807) is 31.2 Å². The van der Waals surface area contributed by atoms with Gasteiger partial charge in [0.15, 0.2) is 11.6 Å². The zero-order valence-electron chi connectivity index (χ0n) is 15.6. The van der Waals surface area contributed by atoms with E-state index in [9.17, 15) is 24.6 Å². The van der Waals surface area contributed by atoms with Crippen LogP contribution in [0.5, 0.6) is 5.75 Å². The Bertz CT molecular complexity index is 1040. The molecule has 2 N–H and O–H groups in total. The third kappa shape index (κ3) is 2.34. The van der Waals surface area contributed by atoms with Crippen LogP contribution < -0.4 is 0 Å². The number of ketones is 2. The minimum atomic E-state index is -1.35. The van der Waals surface area contributed by atoms with Gasteiger partial charge in [-0.25, -0.2) is 0 Å². The van der Waals surface area contributed by atoms with Crippen LogP contribution in [-0.2, 0) is 16.0 Å². The maximum absolute atomic E-state index is 13.0. The van der Waals surface area contributed by atoms with E-state index in [-0.39, 0.29) is 40.8 Å². The number of carbonyl (C=O) groups excluding carboxylic acids is 3. The Labute approximate surface area is 161 Å². The molecule has 0 saturated heterocycles. The van der Waals surface area contributed by atoms with Crippen LogP contribution in [0.2, 0.25) is 0 Å². The molecule has 2 aromatic rings. The summed E-state index contributed by atoms with van der Waals surface area (Å²) in [7, 11) is 1.23. The summed E-state index contributed by atoms with van der Waals surface area (Å²) in [5, 5.41) is 21.9. The number of phenols is 1. The monoisotopic (exact) mass is 380 g/mol. The zero-order valence-corrected chi connectivity index (χ0v) is 15.6. The van der Waals surface area contributed by atoms with Crippen LogP contribution in [0.25, 0.3) is 0 Å². The van der Waals surface area contributed by atoms with Crippen molar-refractivity contribution in [2.75, 3.05) is 7.11 Å². The summed E-state index contributed by atoms with van der Waals surface area (Å²) in [5.41, 5.74) is -0.0640. The summed E-state index contributed by atoms with van der Waals surface area (Å²) >= 11 is 0. The van der Waals surface area contributed by atoms with Crippen molar-refractivity contribution in [2.24, 2.45) is 0 Å². The molecule has 0 aromatic heterocycles. The lowest BCUT2D eigenvalue weighted by atomic mass is 9.68. The van der Waals surface area contributed by atoms with Crippen LogP contribution in [0.15, 0.2) is 30.3 Å². The number of carbonyl (C=O) groups is 3. The smallest absolute Gasteiger partial charge is 0.316 e. The van der Waals surface area contributed by atoms with E-state index < -0.39 is 29.1 Å². The molecule has 2 atom stereocenters. The molecular weight excluding hydrogens is 360 g/mol. The highest BCUT2D eigenvalue weighted by atomic mass is 16.5. The molecule has 0 unspecified atom stereocenters. The first-order valence-electron chi connectivity index (χ1n) is 9.21. The number of esters is 1. The third-order valence-corrected chi connectivity index (χ3v) is 6.03. The van der Waals surface area contributed by atoms with E-state index in [0.717, 1.165) is 0 Å². The standard InChI is InChI=1S/C22H20O6/c1-3-22(27)9-8-13-14(17(22)21(26)28-2)10-15-16(20(13)25)19(24)12-7-5-4-6-11(12)18(15)23/h4-7,10,17,25,27H,3,8-9H2,1-2H3/t17-,22+/m0/s1. The molecule has 2 aliphatic carbocycles. The first-order valence-corrected chi connectivity index (χ1v) is 9.21. The largest absolute Gasteiger partial charge is 0.507 e. The Kier molecular flexibility index (Phi) is 4.12. The molecule has 0 amide bonds. The van der Waals surface area contributed by atoms with E-state index in [2.05, 4.69) is 0 Å². The van der Waals surface area contributed by atoms with Gasteiger partial charge < -0.3 is 14.9 Å². The fourth-order valence-electron chi connectivity index (χ4n) is 4.44. The van der Waals surface area contributed by atoms with Gasteiger partial charge in [0.25, 0.3) is 0 Å². The van der Waals surface area contributed by atoms with Crippen LogP contribution in [0.4, 0.5) is 0 Å². The summed E-state index contributed by atoms with van der Waals surface area (Å²) in [6, 6.07) is 7.93. The summed E-state index contributed by atoms with van der Waals surface area (Å²) in [6.07, 6.45) is 0.830. The van der Waals surface area contributed by atoms with Crippen molar-refractivity contribution in [3.63, 3.8) is 0 Å². The molecular formula is C22H20O6. The highest BCUT2D eigenvalue weighted by molar-refractivity contribution is 6.29. The van der Waals surface area contributed by atoms with Crippen molar-refractivity contribution < 1.29 is 29.3 Å². The molecule has 0 spiro atoms. The molecule has 2 aromatic carbocycles. The number of methoxy groups -OCH3 is 1. The highest BCUT2D eigenvalue weighted by Gasteiger charge is 2.48. The molecule has 0 heterocycles. The average Bonchev–Trinajstić information content (AvgIpc) is 2.71. The molecule has 144 valence electrons. The quantitative estimate of drug-likeness (QED) is 0.663. The normalized spacial score (nSPS) is 22.9. The minimum Gasteiger partial charge on any atom is -0.507 e. The predicted molar refractivity (Wildman–Crippen MR) is 99.7 cm³/mol. The van der Waals surface area contributed by atoms with Gasteiger partial charge in [-0.3, -0.25) is 14.4 Å². The van der Waals surface area contributed by atoms with Gasteiger partial charge in [-0.05, 0) is 36.5 Å². The van der Waals surface area contributed by atoms with Crippen molar-refractivity contribution in [1.82, 2.24) is 0 Å². The Balaban J connectivity index is 1.99. The van der Waals surface area contributed by atoms with Gasteiger partial charge in [-0.15, -0.1) is 0 Å². The van der Waals surface area contributed by atoms with Gasteiger partial charge >= 0.3 is 5.97 Å². The van der Waals surface area contributed by atoms with Gasteiger partial charge in [-0.1, -0.05) is 31.2 Å². The van der Waals surface area contributed by atoms with Crippen LogP contribution in [-0.4, -0.2) is 40.5 Å². The van der Waals surface area contributed by atoms with Crippen molar-refractivity contribution in [3.8, 4) is 5.75 Å². The SMILES string of the molecule is CC[C@@]1(O)CCc2c(cc3c(c2O)C(=O)c2ccccc2C3=O)[C@H]1C(=O)OC. The van der Waals surface area contributed by atoms with Crippen molar-refractivity contribution in [3.05, 3.63) is 63.7 Å². The fourth-order valence-corrected chi connectivity index (χ4v) is 4.44. The maximum atomic E-state index is 13.0. The number of ether oxygens (including phenoxy) is 1. The number of hydrogen-bond acceptors (Lipinski definition) is 6. The van der Waals surface area contributed by atoms with E-state index >= 15 is 0 Å². The predicted octanol–water partition coefficient (Wildman–Crippen LogP) is 2.51. The first kappa shape index (κ1) is 18.4. The second-order valence-electron chi connectivity index (χ2n) is 7.33. The molecule has 2 aliphatic rings. The summed E-state index contributed by atoms with van der Waals surface area (Å²) < 4.78 is 4.90. The lowest BCUT2D eigenvalue weighted by Crippen LogP contribution is -2.44. The van der Waals surface area contributed by atoms with Crippen molar-refractivity contribution in [2.45, 2.75) is 37.7 Å². The fraction of sp³-hybridized carbons (Fsp3) is 0.318. The maximum Gasteiger partial charge on any atom is 0.316 e. The second kappa shape index (κ2) is 6.27. The zero-order chi connectivity index (χ0) is 20.2. The molecule has 0 aliphatic heterocycles. The molecule has 0 saturated carbocycles. The molecule has 6 nitrogen and oxygen atoms in total. The number of aliphatic hydroxyl groups is 1. The molecule has 0 bridgehead atoms. The Hall–Kier alpha value is -2.99. The van der Waals surface area contributed by atoms with E-state index in [1.807, 2.05) is 0 Å². The molecule has 6 heteroatoms. The van der Waals surface area contributed by atoms with Crippen molar-refractivity contribution in [1.29, 1.82) is 0 Å². The summed E-state index contributed by atoms with van der Waals surface area (Å²) in [6.45, 7) is 1.77. The Morgan fingerprint density at radius 2 is 1.82 bits per heavy atom. The van der Waals surface area contributed by atoms with Crippen LogP contribution in [0.3, 0.4) is 0 Å².